The van der Waals surface area contributed by atoms with Crippen molar-refractivity contribution in [2.24, 2.45) is 0 Å². The first-order valence-electron chi connectivity index (χ1n) is 7.58. The van der Waals surface area contributed by atoms with Gasteiger partial charge < -0.3 is 15.2 Å². The van der Waals surface area contributed by atoms with Crippen molar-refractivity contribution in [3.8, 4) is 21.9 Å². The zero-order chi connectivity index (χ0) is 16.7. The fourth-order valence-corrected chi connectivity index (χ4v) is 3.84. The van der Waals surface area contributed by atoms with E-state index in [2.05, 4.69) is 5.32 Å². The highest BCUT2D eigenvalue weighted by Gasteiger charge is 2.22. The molecule has 1 amide bonds. The number of aromatic hydroxyl groups is 1. The summed E-state index contributed by atoms with van der Waals surface area (Å²) < 4.78 is 5.73. The van der Waals surface area contributed by atoms with E-state index in [0.717, 1.165) is 27.3 Å². The number of hydrogen-bond donors (Lipinski definition) is 2. The lowest BCUT2D eigenvalue weighted by molar-refractivity contribution is 0.103. The standard InChI is InChI=1S/C19H15NO3S/c1-11-6-7-14(15(21)8-11)20-19(22)17-9-12-10-23-16-5-3-2-4-13(16)18(12)24-17/h2-9,21H,10H2,1H3,(H,20,22). The molecule has 2 heterocycles. The molecule has 0 fully saturated rings. The highest BCUT2D eigenvalue weighted by atomic mass is 32.1. The number of benzene rings is 2. The third kappa shape index (κ3) is 2.53. The number of para-hydroxylation sites is 1. The molecule has 4 rings (SSSR count). The number of nitrogens with one attached hydrogen (secondary N) is 1. The van der Waals surface area contributed by atoms with E-state index in [4.69, 9.17) is 4.74 Å². The zero-order valence-corrected chi connectivity index (χ0v) is 13.8. The molecule has 0 spiro atoms. The summed E-state index contributed by atoms with van der Waals surface area (Å²) >= 11 is 1.44. The summed E-state index contributed by atoms with van der Waals surface area (Å²) in [5, 5.41) is 12.7. The second kappa shape index (κ2) is 5.69. The van der Waals surface area contributed by atoms with Crippen LogP contribution in [-0.2, 0) is 6.61 Å². The van der Waals surface area contributed by atoms with Gasteiger partial charge in [-0.05, 0) is 42.8 Å². The van der Waals surface area contributed by atoms with E-state index >= 15 is 0 Å². The van der Waals surface area contributed by atoms with E-state index in [1.54, 1.807) is 12.1 Å². The number of carbonyl (C=O) groups is 1. The molecule has 0 bridgehead atoms. The van der Waals surface area contributed by atoms with Gasteiger partial charge in [0, 0.05) is 16.0 Å². The smallest absolute Gasteiger partial charge is 0.265 e. The van der Waals surface area contributed by atoms with Crippen LogP contribution in [0.1, 0.15) is 20.8 Å². The molecule has 4 nitrogen and oxygen atoms in total. The van der Waals surface area contributed by atoms with Gasteiger partial charge in [0.25, 0.3) is 5.91 Å². The van der Waals surface area contributed by atoms with Crippen LogP contribution in [0.4, 0.5) is 5.69 Å². The molecule has 5 heteroatoms. The summed E-state index contributed by atoms with van der Waals surface area (Å²) in [6.45, 7) is 2.35. The highest BCUT2D eigenvalue weighted by Crippen LogP contribution is 2.42. The van der Waals surface area contributed by atoms with Crippen molar-refractivity contribution < 1.29 is 14.6 Å². The molecule has 120 valence electrons. The van der Waals surface area contributed by atoms with Gasteiger partial charge in [0.1, 0.15) is 18.1 Å². The van der Waals surface area contributed by atoms with Gasteiger partial charge in [-0.3, -0.25) is 4.79 Å². The fraction of sp³-hybridized carbons (Fsp3) is 0.105. The summed E-state index contributed by atoms with van der Waals surface area (Å²) in [6.07, 6.45) is 0. The molecule has 0 aliphatic carbocycles. The number of phenolic OH excluding ortho intramolecular Hbond substituents is 1. The van der Waals surface area contributed by atoms with E-state index < -0.39 is 0 Å². The maximum atomic E-state index is 12.5. The van der Waals surface area contributed by atoms with Crippen molar-refractivity contribution in [2.75, 3.05) is 5.32 Å². The number of carbonyl (C=O) groups excluding carboxylic acids is 1. The van der Waals surface area contributed by atoms with Crippen LogP contribution >= 0.6 is 11.3 Å². The molecule has 0 atom stereocenters. The SMILES string of the molecule is Cc1ccc(NC(=O)c2cc3c(s2)-c2ccccc2OC3)c(O)c1. The quantitative estimate of drug-likeness (QED) is 0.673. The Morgan fingerprint density at radius 2 is 2.04 bits per heavy atom. The predicted octanol–water partition coefficient (Wildman–Crippen LogP) is 4.57. The van der Waals surface area contributed by atoms with Crippen LogP contribution in [0.15, 0.2) is 48.5 Å². The van der Waals surface area contributed by atoms with Gasteiger partial charge in [0.2, 0.25) is 0 Å². The topological polar surface area (TPSA) is 58.6 Å². The van der Waals surface area contributed by atoms with E-state index in [9.17, 15) is 9.90 Å². The van der Waals surface area contributed by atoms with E-state index in [1.165, 1.54) is 11.3 Å². The molecular weight excluding hydrogens is 322 g/mol. The average Bonchev–Trinajstić information content (AvgIpc) is 3.02. The molecule has 1 aliphatic rings. The van der Waals surface area contributed by atoms with Gasteiger partial charge in [-0.25, -0.2) is 0 Å². The summed E-state index contributed by atoms with van der Waals surface area (Å²) in [4.78, 5) is 14.2. The van der Waals surface area contributed by atoms with Crippen LogP contribution < -0.4 is 10.1 Å². The van der Waals surface area contributed by atoms with Crippen molar-refractivity contribution in [1.82, 2.24) is 0 Å². The second-order valence-electron chi connectivity index (χ2n) is 5.72. The summed E-state index contributed by atoms with van der Waals surface area (Å²) in [7, 11) is 0. The molecule has 1 aliphatic heterocycles. The molecule has 0 saturated heterocycles. The molecule has 0 unspecified atom stereocenters. The molecule has 2 N–H and O–H groups in total. The Kier molecular flexibility index (Phi) is 3.50. The number of phenols is 1. The third-order valence-electron chi connectivity index (χ3n) is 3.95. The van der Waals surface area contributed by atoms with Crippen LogP contribution in [0, 0.1) is 6.92 Å². The first-order valence-corrected chi connectivity index (χ1v) is 8.39. The summed E-state index contributed by atoms with van der Waals surface area (Å²) in [6, 6.07) is 14.9. The fourth-order valence-electron chi connectivity index (χ4n) is 2.74. The van der Waals surface area contributed by atoms with Crippen LogP contribution in [0.5, 0.6) is 11.5 Å². The van der Waals surface area contributed by atoms with Crippen molar-refractivity contribution in [3.05, 3.63) is 64.5 Å². The maximum absolute atomic E-state index is 12.5. The Labute approximate surface area is 143 Å². The average molecular weight is 337 g/mol. The molecule has 0 saturated carbocycles. The first-order chi connectivity index (χ1) is 11.6. The Morgan fingerprint density at radius 1 is 1.21 bits per heavy atom. The Hall–Kier alpha value is -2.79. The molecule has 1 aromatic heterocycles. The largest absolute Gasteiger partial charge is 0.506 e. The van der Waals surface area contributed by atoms with Gasteiger partial charge in [-0.15, -0.1) is 11.3 Å². The Bertz CT molecular complexity index is 946. The lowest BCUT2D eigenvalue weighted by Gasteiger charge is -2.16. The highest BCUT2D eigenvalue weighted by molar-refractivity contribution is 7.17. The lowest BCUT2D eigenvalue weighted by Crippen LogP contribution is -2.10. The van der Waals surface area contributed by atoms with Crippen LogP contribution in [0.3, 0.4) is 0 Å². The van der Waals surface area contributed by atoms with Crippen LogP contribution in [-0.4, -0.2) is 11.0 Å². The van der Waals surface area contributed by atoms with Gasteiger partial charge >= 0.3 is 0 Å². The Balaban J connectivity index is 1.64. The van der Waals surface area contributed by atoms with E-state index in [1.807, 2.05) is 43.3 Å². The normalized spacial score (nSPS) is 12.0. The lowest BCUT2D eigenvalue weighted by atomic mass is 10.1. The van der Waals surface area contributed by atoms with Crippen molar-refractivity contribution in [1.29, 1.82) is 0 Å². The minimum atomic E-state index is -0.231. The van der Waals surface area contributed by atoms with Gasteiger partial charge in [-0.1, -0.05) is 18.2 Å². The van der Waals surface area contributed by atoms with E-state index in [-0.39, 0.29) is 11.7 Å². The first kappa shape index (κ1) is 14.8. The van der Waals surface area contributed by atoms with Crippen molar-refractivity contribution in [3.63, 3.8) is 0 Å². The third-order valence-corrected chi connectivity index (χ3v) is 5.16. The summed E-state index contributed by atoms with van der Waals surface area (Å²) in [5.41, 5.74) is 3.37. The number of amides is 1. The van der Waals surface area contributed by atoms with Gasteiger partial charge in [0.15, 0.2) is 0 Å². The zero-order valence-electron chi connectivity index (χ0n) is 13.0. The monoisotopic (exact) mass is 337 g/mol. The molecule has 3 aromatic rings. The number of thiophene rings is 1. The molecular formula is C19H15NO3S. The van der Waals surface area contributed by atoms with Crippen LogP contribution in [0.25, 0.3) is 10.4 Å². The number of fused-ring (bicyclic) bond motifs is 3. The number of hydrogen-bond acceptors (Lipinski definition) is 4. The molecule has 2 aromatic carbocycles. The minimum absolute atomic E-state index is 0.0679. The molecule has 0 radical (unpaired) electrons. The minimum Gasteiger partial charge on any atom is -0.506 e. The van der Waals surface area contributed by atoms with Gasteiger partial charge in [0.05, 0.1) is 10.6 Å². The second-order valence-corrected chi connectivity index (χ2v) is 6.78. The number of anilines is 1. The predicted molar refractivity (Wildman–Crippen MR) is 94.9 cm³/mol. The van der Waals surface area contributed by atoms with Crippen molar-refractivity contribution >= 4 is 22.9 Å². The Morgan fingerprint density at radius 3 is 2.88 bits per heavy atom. The van der Waals surface area contributed by atoms with E-state index in [0.29, 0.717) is 17.2 Å². The van der Waals surface area contributed by atoms with Gasteiger partial charge in [-0.2, -0.15) is 0 Å². The maximum Gasteiger partial charge on any atom is 0.265 e. The van der Waals surface area contributed by atoms with Crippen molar-refractivity contribution in [2.45, 2.75) is 13.5 Å². The van der Waals surface area contributed by atoms with Crippen LogP contribution in [0.2, 0.25) is 0 Å². The number of aryl methyl sites for hydroxylation is 1. The molecule has 24 heavy (non-hydrogen) atoms. The number of rotatable bonds is 2. The number of ether oxygens (including phenoxy) is 1. The summed E-state index contributed by atoms with van der Waals surface area (Å²) in [5.74, 6) is 0.680.